The third-order valence-electron chi connectivity index (χ3n) is 6.89. The van der Waals surface area contributed by atoms with Crippen LogP contribution in [0.3, 0.4) is 0 Å². The number of allylic oxidation sites excluding steroid dienone is 4. The maximum absolute atomic E-state index is 14.5. The quantitative estimate of drug-likeness (QED) is 0.370. The molecule has 0 aliphatic heterocycles. The summed E-state index contributed by atoms with van der Waals surface area (Å²) in [6.07, 6.45) is 18.5. The Morgan fingerprint density at radius 2 is 1.83 bits per heavy atom. The Bertz CT molecular complexity index is 729. The van der Waals surface area contributed by atoms with Gasteiger partial charge in [-0.05, 0) is 94.1 Å². The summed E-state index contributed by atoms with van der Waals surface area (Å²) >= 11 is 0. The van der Waals surface area contributed by atoms with Gasteiger partial charge in [0.2, 0.25) is 0 Å². The molecule has 1 aromatic rings. The van der Waals surface area contributed by atoms with Crippen molar-refractivity contribution in [3.8, 4) is 0 Å². The predicted octanol–water partition coefficient (Wildman–Crippen LogP) is 8.03. The zero-order chi connectivity index (χ0) is 21.3. The fourth-order valence-electron chi connectivity index (χ4n) is 4.94. The molecular weight excluding hydrogens is 378 g/mol. The molecule has 2 aliphatic carbocycles. The van der Waals surface area contributed by atoms with Crippen molar-refractivity contribution in [2.75, 3.05) is 6.61 Å². The summed E-state index contributed by atoms with van der Waals surface area (Å²) < 4.78 is 35.1. The third-order valence-corrected chi connectivity index (χ3v) is 6.89. The highest BCUT2D eigenvalue weighted by Crippen LogP contribution is 2.34. The lowest BCUT2D eigenvalue weighted by atomic mass is 9.84. The Morgan fingerprint density at radius 1 is 1.03 bits per heavy atom. The molecule has 3 rings (SSSR count). The molecule has 1 aromatic carbocycles. The van der Waals surface area contributed by atoms with Crippen molar-refractivity contribution in [3.05, 3.63) is 53.1 Å². The Labute approximate surface area is 181 Å². The maximum Gasteiger partial charge on any atom is 0.166 e. The van der Waals surface area contributed by atoms with Crippen LogP contribution in [0, 0.1) is 23.5 Å². The summed E-state index contributed by atoms with van der Waals surface area (Å²) in [5, 5.41) is 0. The van der Waals surface area contributed by atoms with Crippen LogP contribution in [0.1, 0.15) is 89.2 Å². The first-order chi connectivity index (χ1) is 14.6. The van der Waals surface area contributed by atoms with Crippen LogP contribution in [0.25, 0.3) is 5.57 Å². The lowest BCUT2D eigenvalue weighted by molar-refractivity contribution is -0.00256. The molecule has 30 heavy (non-hydrogen) atoms. The second-order valence-corrected chi connectivity index (χ2v) is 9.14. The molecule has 2 aliphatic rings. The van der Waals surface area contributed by atoms with Crippen LogP contribution in [-0.4, -0.2) is 12.7 Å². The van der Waals surface area contributed by atoms with E-state index in [-0.39, 0.29) is 0 Å². The molecule has 1 atom stereocenters. The average molecular weight is 417 g/mol. The van der Waals surface area contributed by atoms with Gasteiger partial charge in [-0.25, -0.2) is 8.78 Å². The van der Waals surface area contributed by atoms with Crippen LogP contribution in [0.2, 0.25) is 0 Å². The van der Waals surface area contributed by atoms with Gasteiger partial charge >= 0.3 is 0 Å². The van der Waals surface area contributed by atoms with Gasteiger partial charge in [0.15, 0.2) is 11.6 Å². The van der Waals surface area contributed by atoms with Crippen LogP contribution < -0.4 is 0 Å². The fraction of sp³-hybridized carbons (Fsp3) is 0.630. The molecule has 0 N–H and O–H groups in total. The molecule has 0 amide bonds. The predicted molar refractivity (Wildman–Crippen MR) is 121 cm³/mol. The van der Waals surface area contributed by atoms with Crippen molar-refractivity contribution in [2.45, 2.75) is 90.6 Å². The van der Waals surface area contributed by atoms with E-state index in [9.17, 15) is 8.78 Å². The number of halogens is 2. The minimum absolute atomic E-state index is 0.408. The first-order valence-electron chi connectivity index (χ1n) is 12.0. The number of hydrogen-bond acceptors (Lipinski definition) is 1. The van der Waals surface area contributed by atoms with E-state index in [1.165, 1.54) is 38.5 Å². The molecule has 0 saturated heterocycles. The van der Waals surface area contributed by atoms with E-state index in [0.29, 0.717) is 29.6 Å². The Balaban J connectivity index is 1.44. The van der Waals surface area contributed by atoms with E-state index in [4.69, 9.17) is 4.74 Å². The van der Waals surface area contributed by atoms with Gasteiger partial charge in [-0.1, -0.05) is 43.7 Å². The largest absolute Gasteiger partial charge is 0.378 e. The lowest BCUT2D eigenvalue weighted by Crippen LogP contribution is -2.24. The van der Waals surface area contributed by atoms with Gasteiger partial charge in [0.05, 0.1) is 12.7 Å². The lowest BCUT2D eigenvalue weighted by Gasteiger charge is -2.30. The number of hydrogen-bond donors (Lipinski definition) is 0. The van der Waals surface area contributed by atoms with Gasteiger partial charge in [-0.3, -0.25) is 0 Å². The molecule has 1 fully saturated rings. The summed E-state index contributed by atoms with van der Waals surface area (Å²) in [7, 11) is 0. The summed E-state index contributed by atoms with van der Waals surface area (Å²) in [6.45, 7) is 4.87. The summed E-state index contributed by atoms with van der Waals surface area (Å²) in [6, 6.07) is 3.52. The third kappa shape index (κ3) is 6.26. The first-order valence-corrected chi connectivity index (χ1v) is 12.0. The zero-order valence-corrected chi connectivity index (χ0v) is 18.8. The molecule has 0 spiro atoms. The normalized spacial score (nSPS) is 24.9. The van der Waals surface area contributed by atoms with Gasteiger partial charge in [0, 0.05) is 5.56 Å². The van der Waals surface area contributed by atoms with Crippen molar-refractivity contribution in [1.82, 2.24) is 0 Å². The minimum Gasteiger partial charge on any atom is -0.378 e. The van der Waals surface area contributed by atoms with Crippen molar-refractivity contribution in [1.29, 1.82) is 0 Å². The second kappa shape index (κ2) is 11.8. The number of rotatable bonds is 9. The maximum atomic E-state index is 14.5. The van der Waals surface area contributed by atoms with E-state index in [1.54, 1.807) is 12.1 Å². The number of benzene rings is 1. The van der Waals surface area contributed by atoms with Gasteiger partial charge in [0.1, 0.15) is 0 Å². The van der Waals surface area contributed by atoms with Crippen molar-refractivity contribution < 1.29 is 13.5 Å². The smallest absolute Gasteiger partial charge is 0.166 e. The van der Waals surface area contributed by atoms with Gasteiger partial charge in [-0.15, -0.1) is 0 Å². The Kier molecular flexibility index (Phi) is 9.11. The summed E-state index contributed by atoms with van der Waals surface area (Å²) in [5.74, 6) is 0.0174. The topological polar surface area (TPSA) is 9.23 Å². The van der Waals surface area contributed by atoms with E-state index < -0.39 is 11.6 Å². The van der Waals surface area contributed by atoms with E-state index >= 15 is 0 Å². The molecular formula is C27H38F2O. The molecule has 0 bridgehead atoms. The van der Waals surface area contributed by atoms with Crippen molar-refractivity contribution in [3.63, 3.8) is 0 Å². The highest BCUT2D eigenvalue weighted by molar-refractivity contribution is 5.67. The van der Waals surface area contributed by atoms with Gasteiger partial charge in [0.25, 0.3) is 0 Å². The van der Waals surface area contributed by atoms with Crippen LogP contribution >= 0.6 is 0 Å². The molecule has 0 radical (unpaired) electrons. The zero-order valence-electron chi connectivity index (χ0n) is 18.8. The van der Waals surface area contributed by atoms with Crippen molar-refractivity contribution in [2.24, 2.45) is 11.8 Å². The fourth-order valence-corrected chi connectivity index (χ4v) is 4.94. The SMILES string of the molecule is C/C=C/CCC1CCC(OCC2CC=C(c3ccc(CCC)c(F)c3F)CC2)CC1. The van der Waals surface area contributed by atoms with E-state index in [2.05, 4.69) is 25.2 Å². The highest BCUT2D eigenvalue weighted by atomic mass is 19.2. The molecule has 1 nitrogen and oxygen atoms in total. The summed E-state index contributed by atoms with van der Waals surface area (Å²) in [4.78, 5) is 0. The monoisotopic (exact) mass is 416 g/mol. The molecule has 166 valence electrons. The molecule has 0 aromatic heterocycles. The van der Waals surface area contributed by atoms with Gasteiger partial charge < -0.3 is 4.74 Å². The van der Waals surface area contributed by atoms with E-state index in [0.717, 1.165) is 43.8 Å². The van der Waals surface area contributed by atoms with Crippen LogP contribution in [-0.2, 0) is 11.2 Å². The molecule has 1 unspecified atom stereocenters. The van der Waals surface area contributed by atoms with Gasteiger partial charge in [-0.2, -0.15) is 0 Å². The number of aryl methyl sites for hydroxylation is 1. The molecule has 0 heterocycles. The Hall–Kier alpha value is -1.48. The van der Waals surface area contributed by atoms with Crippen LogP contribution in [0.4, 0.5) is 8.78 Å². The molecule has 3 heteroatoms. The summed E-state index contributed by atoms with van der Waals surface area (Å²) in [5.41, 5.74) is 1.88. The minimum atomic E-state index is -0.673. The van der Waals surface area contributed by atoms with Crippen LogP contribution in [0.15, 0.2) is 30.4 Å². The standard InChI is InChI=1S/C27H38F2O/c1-3-5-6-8-20-11-16-24(17-12-20)30-19-21-9-13-22(14-10-21)25-18-15-23(7-4-2)26(28)27(25)29/h3,5,13,15,18,20-21,24H,4,6-12,14,16-17,19H2,1-2H3/b5-3+. The average Bonchev–Trinajstić information content (AvgIpc) is 2.77. The second-order valence-electron chi connectivity index (χ2n) is 9.14. The Morgan fingerprint density at radius 3 is 2.50 bits per heavy atom. The van der Waals surface area contributed by atoms with Crippen molar-refractivity contribution >= 4 is 5.57 Å². The number of ether oxygens (including phenoxy) is 1. The molecule has 1 saturated carbocycles. The highest BCUT2D eigenvalue weighted by Gasteiger charge is 2.24. The first kappa shape index (κ1) is 23.2. The van der Waals surface area contributed by atoms with Crippen LogP contribution in [0.5, 0.6) is 0 Å². The van der Waals surface area contributed by atoms with E-state index in [1.807, 2.05) is 6.92 Å².